The average molecular weight is 472 g/mol. The second kappa shape index (κ2) is 10.5. The fourth-order valence-corrected chi connectivity index (χ4v) is 6.13. The van der Waals surface area contributed by atoms with E-state index in [2.05, 4.69) is 16.0 Å². The molecule has 2 saturated carbocycles. The van der Waals surface area contributed by atoms with Crippen LogP contribution in [-0.2, 0) is 9.53 Å². The first-order valence-corrected chi connectivity index (χ1v) is 13.0. The lowest BCUT2D eigenvalue weighted by Crippen LogP contribution is -2.47. The van der Waals surface area contributed by atoms with Gasteiger partial charge in [-0.25, -0.2) is 4.79 Å². The topological polar surface area (TPSA) is 109 Å². The molecule has 5 rings (SSSR count). The van der Waals surface area contributed by atoms with Crippen LogP contribution in [-0.4, -0.2) is 54.0 Å². The summed E-state index contributed by atoms with van der Waals surface area (Å²) in [7, 11) is 0. The number of benzene rings is 1. The predicted octanol–water partition coefficient (Wildman–Crippen LogP) is 3.58. The van der Waals surface area contributed by atoms with Gasteiger partial charge in [0.1, 0.15) is 18.0 Å². The van der Waals surface area contributed by atoms with Crippen LogP contribution in [0.25, 0.3) is 0 Å². The minimum atomic E-state index is -0.485. The van der Waals surface area contributed by atoms with Crippen molar-refractivity contribution in [2.24, 2.45) is 0 Å². The minimum Gasteiger partial charge on any atom is -0.487 e. The number of aliphatic hydroxyl groups is 1. The number of carbonyl (C=O) groups excluding carboxylic acids is 2. The molecule has 3 fully saturated rings. The van der Waals surface area contributed by atoms with Gasteiger partial charge in [-0.3, -0.25) is 4.79 Å². The fraction of sp³-hybridized carbons (Fsp3) is 0.692. The van der Waals surface area contributed by atoms with Crippen molar-refractivity contribution in [3.63, 3.8) is 0 Å². The lowest BCUT2D eigenvalue weighted by Gasteiger charge is -2.37. The van der Waals surface area contributed by atoms with Crippen LogP contribution >= 0.6 is 0 Å². The van der Waals surface area contributed by atoms with Crippen molar-refractivity contribution in [2.45, 2.75) is 107 Å². The second-order valence-corrected chi connectivity index (χ2v) is 10.3. The first-order chi connectivity index (χ1) is 16.6. The Morgan fingerprint density at radius 1 is 0.971 bits per heavy atom. The molecular formula is C26H37N3O5. The molecule has 8 heteroatoms. The summed E-state index contributed by atoms with van der Waals surface area (Å²) < 4.78 is 12.2. The standard InChI is InChI=1S/C26H37N3O5/c30-15-23-25-21(13-19(33-23)14-24(31)27-16-8-4-5-9-16)20-12-18(10-11-22(20)34-25)29-26(32)28-17-6-2-1-3-7-17/h10-12,16-17,19,21,23,25,30H,1-9,13-15H2,(H,27,31)(H2,28,29,32)/t19-,21+,23+,25-/m1/s1. The van der Waals surface area contributed by atoms with E-state index in [4.69, 9.17) is 9.47 Å². The molecule has 0 radical (unpaired) electrons. The highest BCUT2D eigenvalue weighted by Gasteiger charge is 2.46. The fourth-order valence-electron chi connectivity index (χ4n) is 6.13. The van der Waals surface area contributed by atoms with Gasteiger partial charge in [-0.1, -0.05) is 32.1 Å². The first-order valence-electron chi connectivity index (χ1n) is 13.0. The Balaban J connectivity index is 1.23. The average Bonchev–Trinajstić information content (AvgIpc) is 3.46. The van der Waals surface area contributed by atoms with Crippen LogP contribution in [0, 0.1) is 0 Å². The number of aliphatic hydroxyl groups excluding tert-OH is 1. The van der Waals surface area contributed by atoms with Crippen LogP contribution in [0.3, 0.4) is 0 Å². The Morgan fingerprint density at radius 3 is 2.41 bits per heavy atom. The molecule has 0 spiro atoms. The summed E-state index contributed by atoms with van der Waals surface area (Å²) in [5.74, 6) is 0.778. The summed E-state index contributed by atoms with van der Waals surface area (Å²) in [6.45, 7) is -0.162. The first kappa shape index (κ1) is 23.4. The van der Waals surface area contributed by atoms with Crippen molar-refractivity contribution >= 4 is 17.6 Å². The summed E-state index contributed by atoms with van der Waals surface area (Å²) in [6.07, 6.45) is 9.96. The van der Waals surface area contributed by atoms with E-state index >= 15 is 0 Å². The van der Waals surface area contributed by atoms with Gasteiger partial charge in [0.15, 0.2) is 0 Å². The van der Waals surface area contributed by atoms with Crippen molar-refractivity contribution in [1.82, 2.24) is 10.6 Å². The van der Waals surface area contributed by atoms with E-state index in [1.54, 1.807) is 0 Å². The number of ether oxygens (including phenoxy) is 2. The number of hydrogen-bond donors (Lipinski definition) is 4. The highest BCUT2D eigenvalue weighted by atomic mass is 16.6. The van der Waals surface area contributed by atoms with Crippen molar-refractivity contribution in [1.29, 1.82) is 0 Å². The van der Waals surface area contributed by atoms with Crippen molar-refractivity contribution in [3.8, 4) is 5.75 Å². The molecule has 4 aliphatic rings. The maximum absolute atomic E-state index is 12.6. The van der Waals surface area contributed by atoms with Gasteiger partial charge in [0.2, 0.25) is 5.91 Å². The zero-order valence-corrected chi connectivity index (χ0v) is 19.8. The summed E-state index contributed by atoms with van der Waals surface area (Å²) in [5.41, 5.74) is 1.72. The van der Waals surface area contributed by atoms with Gasteiger partial charge in [-0.15, -0.1) is 0 Å². The van der Waals surface area contributed by atoms with Crippen LogP contribution in [0.15, 0.2) is 18.2 Å². The Morgan fingerprint density at radius 2 is 1.68 bits per heavy atom. The highest BCUT2D eigenvalue weighted by Crippen LogP contribution is 2.47. The van der Waals surface area contributed by atoms with Crippen LogP contribution in [0.1, 0.15) is 82.1 Å². The monoisotopic (exact) mass is 471 g/mol. The van der Waals surface area contributed by atoms with E-state index in [1.807, 2.05) is 18.2 Å². The van der Waals surface area contributed by atoms with Gasteiger partial charge in [-0.05, 0) is 50.3 Å². The smallest absolute Gasteiger partial charge is 0.319 e. The molecule has 2 heterocycles. The van der Waals surface area contributed by atoms with Crippen molar-refractivity contribution in [3.05, 3.63) is 23.8 Å². The van der Waals surface area contributed by atoms with Crippen LogP contribution < -0.4 is 20.7 Å². The normalized spacial score (nSPS) is 29.1. The second-order valence-electron chi connectivity index (χ2n) is 10.3. The summed E-state index contributed by atoms with van der Waals surface area (Å²) in [5, 5.41) is 19.2. The molecule has 0 bridgehead atoms. The van der Waals surface area contributed by atoms with Gasteiger partial charge < -0.3 is 30.5 Å². The Bertz CT molecular complexity index is 881. The number of rotatable bonds is 6. The number of anilines is 1. The molecule has 1 aromatic rings. The van der Waals surface area contributed by atoms with Crippen LogP contribution in [0.2, 0.25) is 0 Å². The zero-order chi connectivity index (χ0) is 23.5. The molecule has 0 aromatic heterocycles. The number of fused-ring (bicyclic) bond motifs is 3. The van der Waals surface area contributed by atoms with Crippen molar-refractivity contribution in [2.75, 3.05) is 11.9 Å². The Kier molecular flexibility index (Phi) is 7.25. The van der Waals surface area contributed by atoms with E-state index in [-0.39, 0.29) is 55.2 Å². The molecular weight excluding hydrogens is 434 g/mol. The quantitative estimate of drug-likeness (QED) is 0.507. The minimum absolute atomic E-state index is 0.00772. The lowest BCUT2D eigenvalue weighted by molar-refractivity contribution is -0.142. The molecule has 0 unspecified atom stereocenters. The van der Waals surface area contributed by atoms with E-state index in [9.17, 15) is 14.7 Å². The maximum Gasteiger partial charge on any atom is 0.319 e. The number of urea groups is 1. The van der Waals surface area contributed by atoms with Gasteiger partial charge >= 0.3 is 6.03 Å². The molecule has 3 amide bonds. The summed E-state index contributed by atoms with van der Waals surface area (Å²) in [4.78, 5) is 25.1. The number of amides is 3. The molecule has 8 nitrogen and oxygen atoms in total. The molecule has 1 aromatic carbocycles. The maximum atomic E-state index is 12.6. The molecule has 2 aliphatic heterocycles. The van der Waals surface area contributed by atoms with E-state index in [1.165, 1.54) is 19.3 Å². The van der Waals surface area contributed by atoms with Gasteiger partial charge in [-0.2, -0.15) is 0 Å². The Hall–Kier alpha value is -2.32. The van der Waals surface area contributed by atoms with E-state index in [0.29, 0.717) is 6.42 Å². The lowest BCUT2D eigenvalue weighted by atomic mass is 9.84. The third-order valence-corrected chi connectivity index (χ3v) is 7.83. The van der Waals surface area contributed by atoms with Gasteiger partial charge in [0.25, 0.3) is 0 Å². The molecule has 34 heavy (non-hydrogen) atoms. The number of hydrogen-bond acceptors (Lipinski definition) is 5. The third-order valence-electron chi connectivity index (χ3n) is 7.83. The summed E-state index contributed by atoms with van der Waals surface area (Å²) in [6, 6.07) is 6.03. The molecule has 2 aliphatic carbocycles. The molecule has 4 atom stereocenters. The van der Waals surface area contributed by atoms with Gasteiger partial charge in [0.05, 0.1) is 19.1 Å². The molecule has 186 valence electrons. The van der Waals surface area contributed by atoms with Crippen LogP contribution in [0.5, 0.6) is 5.75 Å². The predicted molar refractivity (Wildman–Crippen MR) is 128 cm³/mol. The summed E-state index contributed by atoms with van der Waals surface area (Å²) >= 11 is 0. The van der Waals surface area contributed by atoms with E-state index in [0.717, 1.165) is 55.5 Å². The van der Waals surface area contributed by atoms with Crippen molar-refractivity contribution < 1.29 is 24.2 Å². The largest absolute Gasteiger partial charge is 0.487 e. The van der Waals surface area contributed by atoms with E-state index < -0.39 is 6.10 Å². The molecule has 4 N–H and O–H groups in total. The molecule has 1 saturated heterocycles. The van der Waals surface area contributed by atoms with Gasteiger partial charge in [0, 0.05) is 29.3 Å². The SMILES string of the molecule is O=C(C[C@H]1C[C@H]2c3cc(NC(=O)NC4CCCCC4)ccc3O[C@H]2[C@H](CO)O1)NC1CCCC1. The number of nitrogens with one attached hydrogen (secondary N) is 3. The zero-order valence-electron chi connectivity index (χ0n) is 19.8. The highest BCUT2D eigenvalue weighted by molar-refractivity contribution is 5.89. The third kappa shape index (κ3) is 5.33. The number of carbonyl (C=O) groups is 2. The Labute approximate surface area is 201 Å². The van der Waals surface area contributed by atoms with Crippen LogP contribution in [0.4, 0.5) is 10.5 Å².